The minimum atomic E-state index is -0.559. The van der Waals surface area contributed by atoms with Crippen LogP contribution in [-0.2, 0) is 15.0 Å². The van der Waals surface area contributed by atoms with Gasteiger partial charge in [-0.2, -0.15) is 0 Å². The van der Waals surface area contributed by atoms with Crippen LogP contribution in [0.3, 0.4) is 0 Å². The van der Waals surface area contributed by atoms with E-state index in [1.807, 2.05) is 6.07 Å². The maximum Gasteiger partial charge on any atom is 0.294 e. The lowest BCUT2D eigenvalue weighted by atomic mass is 9.85. The lowest BCUT2D eigenvalue weighted by Gasteiger charge is -2.38. The second-order valence-electron chi connectivity index (χ2n) is 6.77. The number of nitrogens with two attached hydrogens (primary N) is 1. The molecule has 0 unspecified atom stereocenters. The molecule has 23 heavy (non-hydrogen) atoms. The molecule has 0 bridgehead atoms. The van der Waals surface area contributed by atoms with Gasteiger partial charge in [0.1, 0.15) is 0 Å². The molecule has 1 aromatic carbocycles. The molecule has 2 N–H and O–H groups in total. The molecule has 5 nitrogen and oxygen atoms in total. The number of anilines is 1. The van der Waals surface area contributed by atoms with Gasteiger partial charge in [0.15, 0.2) is 0 Å². The molecule has 0 aliphatic carbocycles. The highest BCUT2D eigenvalue weighted by Crippen LogP contribution is 2.32. The SMILES string of the molecule is CC(C)(C)c1ccccc1N1CCN(C(=O)C(=O)C=CN)CC1. The highest BCUT2D eigenvalue weighted by molar-refractivity contribution is 6.40. The van der Waals surface area contributed by atoms with Crippen LogP contribution < -0.4 is 10.6 Å². The smallest absolute Gasteiger partial charge is 0.294 e. The highest BCUT2D eigenvalue weighted by atomic mass is 16.2. The molecule has 0 aromatic heterocycles. The largest absolute Gasteiger partial charge is 0.404 e. The van der Waals surface area contributed by atoms with Crippen molar-refractivity contribution in [2.45, 2.75) is 26.2 Å². The number of amides is 1. The molecule has 5 heteroatoms. The van der Waals surface area contributed by atoms with E-state index in [0.29, 0.717) is 13.1 Å². The number of para-hydroxylation sites is 1. The molecular weight excluding hydrogens is 290 g/mol. The highest BCUT2D eigenvalue weighted by Gasteiger charge is 2.27. The summed E-state index contributed by atoms with van der Waals surface area (Å²) < 4.78 is 0. The Hall–Kier alpha value is -2.30. The average molecular weight is 315 g/mol. The number of benzene rings is 1. The molecule has 1 amide bonds. The van der Waals surface area contributed by atoms with Crippen LogP contribution in [0.4, 0.5) is 5.69 Å². The zero-order valence-electron chi connectivity index (χ0n) is 14.1. The van der Waals surface area contributed by atoms with Gasteiger partial charge >= 0.3 is 0 Å². The Kier molecular flexibility index (Phi) is 5.08. The van der Waals surface area contributed by atoms with E-state index in [2.05, 4.69) is 43.9 Å². The van der Waals surface area contributed by atoms with Crippen molar-refractivity contribution in [1.82, 2.24) is 4.90 Å². The number of hydrogen-bond donors (Lipinski definition) is 1. The molecule has 1 aliphatic rings. The fraction of sp³-hybridized carbons (Fsp3) is 0.444. The molecule has 0 radical (unpaired) electrons. The lowest BCUT2D eigenvalue weighted by Crippen LogP contribution is -2.50. The summed E-state index contributed by atoms with van der Waals surface area (Å²) in [6.45, 7) is 9.12. The quantitative estimate of drug-likeness (QED) is 0.681. The Balaban J connectivity index is 2.09. The lowest BCUT2D eigenvalue weighted by molar-refractivity contribution is -0.142. The maximum atomic E-state index is 12.0. The second kappa shape index (κ2) is 6.86. The van der Waals surface area contributed by atoms with Gasteiger partial charge in [-0.05, 0) is 23.2 Å². The van der Waals surface area contributed by atoms with E-state index in [4.69, 9.17) is 5.73 Å². The zero-order valence-corrected chi connectivity index (χ0v) is 14.1. The fourth-order valence-electron chi connectivity index (χ4n) is 2.85. The number of carbonyl (C=O) groups excluding carboxylic acids is 2. The summed E-state index contributed by atoms with van der Waals surface area (Å²) in [5, 5.41) is 0. The average Bonchev–Trinajstić information content (AvgIpc) is 2.54. The third kappa shape index (κ3) is 3.92. The maximum absolute atomic E-state index is 12.0. The molecule has 0 spiro atoms. The van der Waals surface area contributed by atoms with Gasteiger partial charge in [0, 0.05) is 37.9 Å². The molecule has 1 saturated heterocycles. The summed E-state index contributed by atoms with van der Waals surface area (Å²) in [6.07, 6.45) is 2.22. The first kappa shape index (κ1) is 17.1. The molecule has 0 saturated carbocycles. The molecule has 1 aromatic rings. The predicted molar refractivity (Wildman–Crippen MR) is 92.3 cm³/mol. The van der Waals surface area contributed by atoms with Crippen molar-refractivity contribution in [1.29, 1.82) is 0 Å². The van der Waals surface area contributed by atoms with Gasteiger partial charge < -0.3 is 15.5 Å². The van der Waals surface area contributed by atoms with Gasteiger partial charge in [-0.3, -0.25) is 9.59 Å². The van der Waals surface area contributed by atoms with Crippen LogP contribution in [-0.4, -0.2) is 42.8 Å². The summed E-state index contributed by atoms with van der Waals surface area (Å²) in [5.74, 6) is -1.04. The van der Waals surface area contributed by atoms with Gasteiger partial charge in [-0.1, -0.05) is 39.0 Å². The zero-order chi connectivity index (χ0) is 17.0. The van der Waals surface area contributed by atoms with Crippen molar-refractivity contribution in [3.8, 4) is 0 Å². The summed E-state index contributed by atoms with van der Waals surface area (Å²) in [6, 6.07) is 8.38. The van der Waals surface area contributed by atoms with E-state index < -0.39 is 11.7 Å². The van der Waals surface area contributed by atoms with Crippen LogP contribution >= 0.6 is 0 Å². The standard InChI is InChI=1S/C18H25N3O2/c1-18(2,3)14-6-4-5-7-15(14)20-10-12-21(13-11-20)17(23)16(22)8-9-19/h4-9H,10-13,19H2,1-3H3. The summed E-state index contributed by atoms with van der Waals surface area (Å²) >= 11 is 0. The molecule has 0 atom stereocenters. The molecular formula is C18H25N3O2. The number of carbonyl (C=O) groups is 2. The van der Waals surface area contributed by atoms with E-state index in [1.165, 1.54) is 11.3 Å². The molecule has 1 fully saturated rings. The number of nitrogens with zero attached hydrogens (tertiary/aromatic N) is 2. The van der Waals surface area contributed by atoms with Crippen LogP contribution in [0.1, 0.15) is 26.3 Å². The Bertz CT molecular complexity index is 609. The van der Waals surface area contributed by atoms with Gasteiger partial charge in [0.05, 0.1) is 0 Å². The Morgan fingerprint density at radius 1 is 1.09 bits per heavy atom. The van der Waals surface area contributed by atoms with Crippen molar-refractivity contribution in [2.24, 2.45) is 5.73 Å². The van der Waals surface area contributed by atoms with Crippen LogP contribution in [0.25, 0.3) is 0 Å². The first-order chi connectivity index (χ1) is 10.8. The van der Waals surface area contributed by atoms with E-state index in [9.17, 15) is 9.59 Å². The fourth-order valence-corrected chi connectivity index (χ4v) is 2.85. The summed E-state index contributed by atoms with van der Waals surface area (Å²) in [5.41, 5.74) is 7.73. The number of hydrogen-bond acceptors (Lipinski definition) is 4. The van der Waals surface area contributed by atoms with Crippen molar-refractivity contribution in [3.05, 3.63) is 42.1 Å². The number of piperazine rings is 1. The van der Waals surface area contributed by atoms with Gasteiger partial charge in [0.25, 0.3) is 5.91 Å². The normalized spacial score (nSPS) is 16.0. The van der Waals surface area contributed by atoms with Crippen LogP contribution in [0.15, 0.2) is 36.5 Å². The van der Waals surface area contributed by atoms with Gasteiger partial charge in [0.2, 0.25) is 5.78 Å². The van der Waals surface area contributed by atoms with E-state index in [0.717, 1.165) is 25.4 Å². The van der Waals surface area contributed by atoms with Crippen molar-refractivity contribution in [3.63, 3.8) is 0 Å². The third-order valence-electron chi connectivity index (χ3n) is 4.08. The first-order valence-corrected chi connectivity index (χ1v) is 7.90. The van der Waals surface area contributed by atoms with Crippen molar-refractivity contribution in [2.75, 3.05) is 31.1 Å². The predicted octanol–water partition coefficient (Wildman–Crippen LogP) is 1.67. The summed E-state index contributed by atoms with van der Waals surface area (Å²) in [7, 11) is 0. The minimum Gasteiger partial charge on any atom is -0.404 e. The number of ketones is 1. The van der Waals surface area contributed by atoms with E-state index in [-0.39, 0.29) is 5.41 Å². The van der Waals surface area contributed by atoms with Crippen molar-refractivity contribution >= 4 is 17.4 Å². The molecule has 124 valence electrons. The van der Waals surface area contributed by atoms with E-state index in [1.54, 1.807) is 4.90 Å². The number of rotatable bonds is 3. The molecule has 1 aliphatic heterocycles. The van der Waals surface area contributed by atoms with Crippen molar-refractivity contribution < 1.29 is 9.59 Å². The second-order valence-corrected chi connectivity index (χ2v) is 6.77. The monoisotopic (exact) mass is 315 g/mol. The third-order valence-corrected chi connectivity index (χ3v) is 4.08. The van der Waals surface area contributed by atoms with Crippen LogP contribution in [0.2, 0.25) is 0 Å². The van der Waals surface area contributed by atoms with E-state index >= 15 is 0 Å². The van der Waals surface area contributed by atoms with Crippen LogP contribution in [0, 0.1) is 0 Å². The topological polar surface area (TPSA) is 66.6 Å². The minimum absolute atomic E-state index is 0.0609. The Labute approximate surface area is 137 Å². The first-order valence-electron chi connectivity index (χ1n) is 7.90. The Morgan fingerprint density at radius 3 is 2.26 bits per heavy atom. The van der Waals surface area contributed by atoms with Crippen LogP contribution in [0.5, 0.6) is 0 Å². The summed E-state index contributed by atoms with van der Waals surface area (Å²) in [4.78, 5) is 27.5. The molecule has 2 rings (SSSR count). The molecule has 1 heterocycles. The Morgan fingerprint density at radius 2 is 1.70 bits per heavy atom. The van der Waals surface area contributed by atoms with Gasteiger partial charge in [-0.25, -0.2) is 0 Å². The van der Waals surface area contributed by atoms with Gasteiger partial charge in [-0.15, -0.1) is 0 Å².